The highest BCUT2D eigenvalue weighted by atomic mass is 32.1. The predicted molar refractivity (Wildman–Crippen MR) is 135 cm³/mol. The lowest BCUT2D eigenvalue weighted by atomic mass is 9.81. The topological polar surface area (TPSA) is 76.1 Å². The number of carbonyl (C=O) groups is 2. The molecule has 1 aromatic heterocycles. The van der Waals surface area contributed by atoms with Crippen molar-refractivity contribution in [1.29, 1.82) is 0 Å². The molecule has 1 saturated heterocycles. The standard InChI is InChI=1S/C27H41NO5S/c1-17-5-7-18(8-6-17)25(29)28(22-15-23(27(2,3)4)34-24(22)26(30)31)19-9-11-20(12-10-19)33-21-13-14-32-16-21/h15,17-21H,5-14,16H2,1-4H3,(H,30,31)/t17-,18-,19-,20+,21-/m0/s1. The van der Waals surface area contributed by atoms with E-state index in [0.29, 0.717) is 23.1 Å². The maximum Gasteiger partial charge on any atom is 0.348 e. The van der Waals surface area contributed by atoms with Crippen LogP contribution >= 0.6 is 11.3 Å². The molecule has 3 fully saturated rings. The molecule has 6 nitrogen and oxygen atoms in total. The molecule has 2 saturated carbocycles. The molecule has 0 unspecified atom stereocenters. The number of ether oxygens (including phenoxy) is 2. The summed E-state index contributed by atoms with van der Waals surface area (Å²) >= 11 is 1.32. The Morgan fingerprint density at radius 1 is 1.03 bits per heavy atom. The van der Waals surface area contributed by atoms with E-state index in [1.165, 1.54) is 11.3 Å². The molecule has 1 N–H and O–H groups in total. The molecule has 0 radical (unpaired) electrons. The van der Waals surface area contributed by atoms with Gasteiger partial charge in [-0.25, -0.2) is 4.79 Å². The predicted octanol–water partition coefficient (Wildman–Crippen LogP) is 6.02. The van der Waals surface area contributed by atoms with E-state index in [4.69, 9.17) is 9.47 Å². The van der Waals surface area contributed by atoms with Gasteiger partial charge in [-0.05, 0) is 75.2 Å². The van der Waals surface area contributed by atoms with Crippen LogP contribution in [-0.4, -0.2) is 48.4 Å². The first-order valence-corrected chi connectivity index (χ1v) is 13.9. The maximum absolute atomic E-state index is 14.0. The number of rotatable bonds is 6. The average molecular weight is 492 g/mol. The normalized spacial score (nSPS) is 30.3. The van der Waals surface area contributed by atoms with Crippen molar-refractivity contribution >= 4 is 28.9 Å². The third-order valence-electron chi connectivity index (χ3n) is 7.79. The zero-order valence-electron chi connectivity index (χ0n) is 21.2. The van der Waals surface area contributed by atoms with E-state index in [0.717, 1.165) is 69.3 Å². The van der Waals surface area contributed by atoms with Gasteiger partial charge in [0.1, 0.15) is 4.88 Å². The summed E-state index contributed by atoms with van der Waals surface area (Å²) in [5, 5.41) is 10.1. The fraction of sp³-hybridized carbons (Fsp3) is 0.778. The fourth-order valence-electron chi connectivity index (χ4n) is 5.61. The number of carboxylic acid groups (broad SMARTS) is 1. The lowest BCUT2D eigenvalue weighted by Gasteiger charge is -2.40. The van der Waals surface area contributed by atoms with E-state index < -0.39 is 5.97 Å². The number of carboxylic acids is 1. The van der Waals surface area contributed by atoms with Crippen molar-refractivity contribution in [1.82, 2.24) is 0 Å². The molecule has 0 aromatic carbocycles. The van der Waals surface area contributed by atoms with Crippen molar-refractivity contribution in [3.63, 3.8) is 0 Å². The van der Waals surface area contributed by atoms with Crippen LogP contribution in [0.1, 0.15) is 100 Å². The van der Waals surface area contributed by atoms with Gasteiger partial charge in [-0.15, -0.1) is 11.3 Å². The number of amides is 1. The molecule has 0 spiro atoms. The van der Waals surface area contributed by atoms with Crippen LogP contribution in [0.15, 0.2) is 6.07 Å². The van der Waals surface area contributed by atoms with E-state index in [1.54, 1.807) is 0 Å². The van der Waals surface area contributed by atoms with Gasteiger partial charge < -0.3 is 19.5 Å². The molecule has 1 atom stereocenters. The molecule has 1 amide bonds. The first kappa shape index (κ1) is 25.6. The van der Waals surface area contributed by atoms with E-state index in [1.807, 2.05) is 11.0 Å². The van der Waals surface area contributed by atoms with Gasteiger partial charge in [-0.2, -0.15) is 0 Å². The second-order valence-electron chi connectivity index (χ2n) is 11.6. The van der Waals surface area contributed by atoms with Gasteiger partial charge in [0.15, 0.2) is 0 Å². The Bertz CT molecular complexity index is 853. The van der Waals surface area contributed by atoms with E-state index >= 15 is 0 Å². The second kappa shape index (κ2) is 10.7. The average Bonchev–Trinajstić information content (AvgIpc) is 3.46. The molecule has 3 aliphatic rings. The molecular weight excluding hydrogens is 450 g/mol. The SMILES string of the molecule is CC(C)(C)c1cc(N(C(=O)[C@H]2CC[C@H](C)CC2)[C@H]2CC[C@@H](O[C@H]3CCOC3)CC2)c(C(=O)O)s1. The highest BCUT2D eigenvalue weighted by Crippen LogP contribution is 2.42. The summed E-state index contributed by atoms with van der Waals surface area (Å²) in [5.74, 6) is -0.168. The van der Waals surface area contributed by atoms with Gasteiger partial charge in [0, 0.05) is 23.4 Å². The van der Waals surface area contributed by atoms with Crippen LogP contribution in [0, 0.1) is 11.8 Å². The Morgan fingerprint density at radius 2 is 1.71 bits per heavy atom. The van der Waals surface area contributed by atoms with Crippen LogP contribution in [0.2, 0.25) is 0 Å². The Kier molecular flexibility index (Phi) is 8.05. The van der Waals surface area contributed by atoms with Crippen LogP contribution in [0.3, 0.4) is 0 Å². The Labute approximate surface area is 208 Å². The van der Waals surface area contributed by atoms with Crippen LogP contribution in [0.4, 0.5) is 5.69 Å². The van der Waals surface area contributed by atoms with Gasteiger partial charge in [-0.1, -0.05) is 27.7 Å². The van der Waals surface area contributed by atoms with Crippen LogP contribution in [0.25, 0.3) is 0 Å². The Hall–Kier alpha value is -1.44. The monoisotopic (exact) mass is 491 g/mol. The third-order valence-corrected chi connectivity index (χ3v) is 9.33. The van der Waals surface area contributed by atoms with Gasteiger partial charge in [-0.3, -0.25) is 4.79 Å². The summed E-state index contributed by atoms with van der Waals surface area (Å²) in [6.45, 7) is 9.99. The van der Waals surface area contributed by atoms with Crippen molar-refractivity contribution < 1.29 is 24.2 Å². The van der Waals surface area contributed by atoms with Crippen molar-refractivity contribution in [2.75, 3.05) is 18.1 Å². The van der Waals surface area contributed by atoms with Crippen LogP contribution in [-0.2, 0) is 19.7 Å². The quantitative estimate of drug-likeness (QED) is 0.527. The summed E-state index contributed by atoms with van der Waals surface area (Å²) in [6.07, 6.45) is 8.74. The fourth-order valence-corrected chi connectivity index (χ4v) is 6.66. The molecule has 190 valence electrons. The second-order valence-corrected chi connectivity index (χ2v) is 12.6. The molecule has 4 rings (SSSR count). The van der Waals surface area contributed by atoms with Gasteiger partial charge >= 0.3 is 5.97 Å². The van der Waals surface area contributed by atoms with E-state index in [2.05, 4.69) is 27.7 Å². The van der Waals surface area contributed by atoms with E-state index in [9.17, 15) is 14.7 Å². The maximum atomic E-state index is 14.0. The minimum absolute atomic E-state index is 0.0135. The first-order chi connectivity index (χ1) is 16.1. The number of anilines is 1. The molecular formula is C27H41NO5S. The molecule has 2 heterocycles. The highest BCUT2D eigenvalue weighted by molar-refractivity contribution is 7.14. The number of aromatic carboxylic acids is 1. The minimum Gasteiger partial charge on any atom is -0.477 e. The molecule has 0 bridgehead atoms. The summed E-state index contributed by atoms with van der Waals surface area (Å²) in [4.78, 5) is 29.5. The van der Waals surface area contributed by atoms with E-state index in [-0.39, 0.29) is 35.5 Å². The first-order valence-electron chi connectivity index (χ1n) is 13.1. The smallest absolute Gasteiger partial charge is 0.348 e. The highest BCUT2D eigenvalue weighted by Gasteiger charge is 2.38. The summed E-state index contributed by atoms with van der Waals surface area (Å²) < 4.78 is 11.7. The van der Waals surface area contributed by atoms with Crippen molar-refractivity contribution in [2.45, 2.75) is 109 Å². The van der Waals surface area contributed by atoms with Crippen LogP contribution < -0.4 is 4.90 Å². The minimum atomic E-state index is -0.941. The largest absolute Gasteiger partial charge is 0.477 e. The molecule has 1 aromatic rings. The zero-order chi connectivity index (χ0) is 24.5. The summed E-state index contributed by atoms with van der Waals surface area (Å²) in [5.41, 5.74) is 0.441. The summed E-state index contributed by atoms with van der Waals surface area (Å²) in [6, 6.07) is 2.00. The number of hydrogen-bond acceptors (Lipinski definition) is 5. The zero-order valence-corrected chi connectivity index (χ0v) is 22.0. The van der Waals surface area contributed by atoms with Crippen LogP contribution in [0.5, 0.6) is 0 Å². The van der Waals surface area contributed by atoms with Gasteiger partial charge in [0.2, 0.25) is 5.91 Å². The lowest BCUT2D eigenvalue weighted by Crippen LogP contribution is -2.47. The number of carbonyl (C=O) groups excluding carboxylic acids is 1. The van der Waals surface area contributed by atoms with Crippen molar-refractivity contribution in [3.05, 3.63) is 15.8 Å². The number of hydrogen-bond donors (Lipinski definition) is 1. The number of nitrogens with zero attached hydrogens (tertiary/aromatic N) is 1. The third kappa shape index (κ3) is 5.85. The molecule has 7 heteroatoms. The molecule has 34 heavy (non-hydrogen) atoms. The van der Waals surface area contributed by atoms with Gasteiger partial charge in [0.05, 0.1) is 24.5 Å². The Balaban J connectivity index is 1.58. The van der Waals surface area contributed by atoms with Crippen molar-refractivity contribution in [2.24, 2.45) is 11.8 Å². The lowest BCUT2D eigenvalue weighted by molar-refractivity contribution is -0.124. The summed E-state index contributed by atoms with van der Waals surface area (Å²) in [7, 11) is 0. The number of thiophene rings is 1. The van der Waals surface area contributed by atoms with Crippen molar-refractivity contribution in [3.8, 4) is 0 Å². The van der Waals surface area contributed by atoms with Gasteiger partial charge in [0.25, 0.3) is 0 Å². The molecule has 1 aliphatic heterocycles. The molecule has 2 aliphatic carbocycles. The Morgan fingerprint density at radius 3 is 2.26 bits per heavy atom.